The van der Waals surface area contributed by atoms with Crippen LogP contribution in [-0.4, -0.2) is 29.4 Å². The van der Waals surface area contributed by atoms with E-state index in [1.807, 2.05) is 30.3 Å². The summed E-state index contributed by atoms with van der Waals surface area (Å²) in [7, 11) is 0. The number of carboxylic acid groups (broad SMARTS) is 1. The second-order valence-electron chi connectivity index (χ2n) is 4.11. The van der Waals surface area contributed by atoms with Gasteiger partial charge in [-0.2, -0.15) is 0 Å². The highest BCUT2D eigenvalue weighted by molar-refractivity contribution is 6.34. The van der Waals surface area contributed by atoms with Crippen LogP contribution in [0.3, 0.4) is 0 Å². The van der Waals surface area contributed by atoms with Gasteiger partial charge in [0.25, 0.3) is 0 Å². The standard InChI is InChI=1S/C15H13ClO5/c16-12-8-11(9-13(17)14(12)15(18)19)21-7-6-20-10-4-2-1-3-5-10/h1-5,8-9,17H,6-7H2,(H,18,19). The highest BCUT2D eigenvalue weighted by Crippen LogP contribution is 2.31. The summed E-state index contributed by atoms with van der Waals surface area (Å²) in [6, 6.07) is 11.8. The Hall–Kier alpha value is -2.40. The molecule has 21 heavy (non-hydrogen) atoms. The molecule has 0 amide bonds. The Balaban J connectivity index is 1.91. The predicted molar refractivity (Wildman–Crippen MR) is 77.5 cm³/mol. The van der Waals surface area contributed by atoms with Gasteiger partial charge < -0.3 is 19.7 Å². The van der Waals surface area contributed by atoms with Crippen LogP contribution in [0.1, 0.15) is 10.4 Å². The third-order valence-electron chi connectivity index (χ3n) is 2.62. The van der Waals surface area contributed by atoms with Gasteiger partial charge in [-0.15, -0.1) is 0 Å². The first-order valence-corrected chi connectivity index (χ1v) is 6.52. The lowest BCUT2D eigenvalue weighted by Gasteiger charge is -2.10. The van der Waals surface area contributed by atoms with Crippen LogP contribution in [0.15, 0.2) is 42.5 Å². The van der Waals surface area contributed by atoms with Crippen molar-refractivity contribution in [2.24, 2.45) is 0 Å². The number of carboxylic acids is 1. The molecule has 0 radical (unpaired) electrons. The van der Waals surface area contributed by atoms with Gasteiger partial charge in [-0.1, -0.05) is 29.8 Å². The zero-order valence-electron chi connectivity index (χ0n) is 11.0. The number of rotatable bonds is 6. The molecule has 2 rings (SSSR count). The molecule has 0 atom stereocenters. The largest absolute Gasteiger partial charge is 0.507 e. The molecule has 0 unspecified atom stereocenters. The Labute approximate surface area is 126 Å². The highest BCUT2D eigenvalue weighted by atomic mass is 35.5. The molecule has 0 heterocycles. The molecule has 2 aromatic carbocycles. The fourth-order valence-corrected chi connectivity index (χ4v) is 1.98. The van der Waals surface area contributed by atoms with E-state index in [-0.39, 0.29) is 22.9 Å². The maximum Gasteiger partial charge on any atom is 0.341 e. The third-order valence-corrected chi connectivity index (χ3v) is 2.92. The second-order valence-corrected chi connectivity index (χ2v) is 4.52. The minimum absolute atomic E-state index is 0.0820. The van der Waals surface area contributed by atoms with Crippen molar-refractivity contribution < 1.29 is 24.5 Å². The van der Waals surface area contributed by atoms with E-state index in [0.29, 0.717) is 6.61 Å². The van der Waals surface area contributed by atoms with Crippen molar-refractivity contribution in [2.45, 2.75) is 0 Å². The van der Waals surface area contributed by atoms with E-state index in [1.165, 1.54) is 12.1 Å². The zero-order valence-corrected chi connectivity index (χ0v) is 11.7. The average molecular weight is 309 g/mol. The van der Waals surface area contributed by atoms with Gasteiger partial charge in [-0.25, -0.2) is 4.79 Å². The van der Waals surface area contributed by atoms with Gasteiger partial charge in [0.15, 0.2) is 0 Å². The number of carbonyl (C=O) groups is 1. The van der Waals surface area contributed by atoms with E-state index < -0.39 is 11.7 Å². The van der Waals surface area contributed by atoms with Gasteiger partial charge in [0.05, 0.1) is 5.02 Å². The van der Waals surface area contributed by atoms with E-state index in [4.69, 9.17) is 26.2 Å². The number of phenols is 1. The van der Waals surface area contributed by atoms with E-state index in [9.17, 15) is 9.90 Å². The Kier molecular flexibility index (Phi) is 4.90. The van der Waals surface area contributed by atoms with Crippen molar-refractivity contribution in [1.29, 1.82) is 0 Å². The topological polar surface area (TPSA) is 76.0 Å². The fraction of sp³-hybridized carbons (Fsp3) is 0.133. The minimum Gasteiger partial charge on any atom is -0.507 e. The molecular weight excluding hydrogens is 296 g/mol. The molecular formula is C15H13ClO5. The van der Waals surface area contributed by atoms with Crippen LogP contribution in [-0.2, 0) is 0 Å². The van der Waals surface area contributed by atoms with Crippen LogP contribution >= 0.6 is 11.6 Å². The molecule has 0 spiro atoms. The van der Waals surface area contributed by atoms with Crippen LogP contribution in [0.25, 0.3) is 0 Å². The summed E-state index contributed by atoms with van der Waals surface area (Å²) in [6.45, 7) is 0.542. The molecule has 2 aromatic rings. The number of aromatic carboxylic acids is 1. The van der Waals surface area contributed by atoms with Crippen molar-refractivity contribution >= 4 is 17.6 Å². The number of benzene rings is 2. The van der Waals surface area contributed by atoms with Crippen molar-refractivity contribution in [3.05, 3.63) is 53.1 Å². The quantitative estimate of drug-likeness (QED) is 0.801. The SMILES string of the molecule is O=C(O)c1c(O)cc(OCCOc2ccccc2)cc1Cl. The first-order valence-electron chi connectivity index (χ1n) is 6.14. The van der Waals surface area contributed by atoms with Crippen molar-refractivity contribution in [3.63, 3.8) is 0 Å². The number of ether oxygens (including phenoxy) is 2. The Morgan fingerprint density at radius 1 is 1.05 bits per heavy atom. The van der Waals surface area contributed by atoms with Crippen molar-refractivity contribution in [1.82, 2.24) is 0 Å². The number of aromatic hydroxyl groups is 1. The zero-order chi connectivity index (χ0) is 15.2. The Bertz CT molecular complexity index is 604. The van der Waals surface area contributed by atoms with E-state index in [0.717, 1.165) is 5.75 Å². The smallest absolute Gasteiger partial charge is 0.341 e. The summed E-state index contributed by atoms with van der Waals surface area (Å²) < 4.78 is 10.8. The van der Waals surface area contributed by atoms with Gasteiger partial charge >= 0.3 is 5.97 Å². The first-order chi connectivity index (χ1) is 10.1. The summed E-state index contributed by atoms with van der Waals surface area (Å²) in [5.74, 6) is -0.729. The van der Waals surface area contributed by atoms with Crippen LogP contribution in [0.5, 0.6) is 17.2 Å². The molecule has 0 fully saturated rings. The third kappa shape index (κ3) is 4.03. The molecule has 0 saturated carbocycles. The average Bonchev–Trinajstić information content (AvgIpc) is 2.43. The molecule has 0 aliphatic rings. The van der Waals surface area contributed by atoms with Crippen molar-refractivity contribution in [2.75, 3.05) is 13.2 Å². The lowest BCUT2D eigenvalue weighted by molar-refractivity contribution is 0.0694. The molecule has 5 nitrogen and oxygen atoms in total. The summed E-state index contributed by atoms with van der Waals surface area (Å²) in [4.78, 5) is 10.9. The molecule has 0 bridgehead atoms. The molecule has 2 N–H and O–H groups in total. The second kappa shape index (κ2) is 6.85. The number of halogens is 1. The number of para-hydroxylation sites is 1. The molecule has 0 aromatic heterocycles. The fourth-order valence-electron chi connectivity index (χ4n) is 1.70. The summed E-state index contributed by atoms with van der Waals surface area (Å²) in [6.07, 6.45) is 0. The Morgan fingerprint density at radius 2 is 1.67 bits per heavy atom. The normalized spacial score (nSPS) is 10.1. The molecule has 6 heteroatoms. The first kappa shape index (κ1) is 15.0. The minimum atomic E-state index is -1.29. The van der Waals surface area contributed by atoms with E-state index >= 15 is 0 Å². The predicted octanol–water partition coefficient (Wildman–Crippen LogP) is 3.20. The van der Waals surface area contributed by atoms with Gasteiger partial charge in [-0.05, 0) is 18.2 Å². The molecule has 0 saturated heterocycles. The van der Waals surface area contributed by atoms with Gasteiger partial charge in [0.1, 0.15) is 36.0 Å². The molecule has 0 aliphatic heterocycles. The highest BCUT2D eigenvalue weighted by Gasteiger charge is 2.16. The Morgan fingerprint density at radius 3 is 2.24 bits per heavy atom. The van der Waals surface area contributed by atoms with Crippen LogP contribution < -0.4 is 9.47 Å². The molecule has 110 valence electrons. The van der Waals surface area contributed by atoms with Crippen LogP contribution in [0.2, 0.25) is 5.02 Å². The summed E-state index contributed by atoms with van der Waals surface area (Å²) in [5.41, 5.74) is -0.343. The molecule has 0 aliphatic carbocycles. The lowest BCUT2D eigenvalue weighted by Crippen LogP contribution is -2.09. The summed E-state index contributed by atoms with van der Waals surface area (Å²) >= 11 is 5.79. The lowest BCUT2D eigenvalue weighted by atomic mass is 10.2. The van der Waals surface area contributed by atoms with Crippen LogP contribution in [0, 0.1) is 0 Å². The van der Waals surface area contributed by atoms with Crippen molar-refractivity contribution in [3.8, 4) is 17.2 Å². The van der Waals surface area contributed by atoms with Crippen LogP contribution in [0.4, 0.5) is 0 Å². The van der Waals surface area contributed by atoms with Gasteiger partial charge in [0.2, 0.25) is 0 Å². The van der Waals surface area contributed by atoms with Gasteiger partial charge in [0, 0.05) is 6.07 Å². The number of hydrogen-bond donors (Lipinski definition) is 2. The van der Waals surface area contributed by atoms with Gasteiger partial charge in [-0.3, -0.25) is 0 Å². The monoisotopic (exact) mass is 308 g/mol. The van der Waals surface area contributed by atoms with E-state index in [2.05, 4.69) is 0 Å². The maximum atomic E-state index is 10.9. The number of hydrogen-bond acceptors (Lipinski definition) is 4. The van der Waals surface area contributed by atoms with E-state index in [1.54, 1.807) is 0 Å². The maximum absolute atomic E-state index is 10.9. The summed E-state index contributed by atoms with van der Waals surface area (Å²) in [5, 5.41) is 18.4.